The smallest absolute Gasteiger partial charge is 0.154 e. The molecule has 0 unspecified atom stereocenters. The van der Waals surface area contributed by atoms with Gasteiger partial charge in [-0.15, -0.1) is 11.3 Å². The summed E-state index contributed by atoms with van der Waals surface area (Å²) in [6.07, 6.45) is 0.120. The summed E-state index contributed by atoms with van der Waals surface area (Å²) in [5.41, 5.74) is 0. The molecule has 2 atom stereocenters. The predicted molar refractivity (Wildman–Crippen MR) is 64.5 cm³/mol. The molecule has 1 aromatic heterocycles. The quantitative estimate of drug-likeness (QED) is 0.803. The van der Waals surface area contributed by atoms with Crippen LogP contribution in [0.3, 0.4) is 0 Å². The molecule has 1 aliphatic heterocycles. The van der Waals surface area contributed by atoms with Crippen molar-refractivity contribution < 1.29 is 13.5 Å². The van der Waals surface area contributed by atoms with Crippen LogP contribution in [0, 0.1) is 0 Å². The van der Waals surface area contributed by atoms with E-state index in [0.29, 0.717) is 6.54 Å². The molecule has 0 radical (unpaired) electrons. The first-order valence-corrected chi connectivity index (χ1v) is 7.91. The molecule has 1 aliphatic rings. The van der Waals surface area contributed by atoms with E-state index in [-0.39, 0.29) is 17.5 Å². The summed E-state index contributed by atoms with van der Waals surface area (Å²) in [7, 11) is -3.04. The van der Waals surface area contributed by atoms with Gasteiger partial charge in [0.1, 0.15) is 0 Å². The van der Waals surface area contributed by atoms with Gasteiger partial charge in [0.15, 0.2) is 9.84 Å². The highest BCUT2D eigenvalue weighted by Gasteiger charge is 2.35. The van der Waals surface area contributed by atoms with E-state index in [1.807, 2.05) is 17.5 Å². The number of nitrogens with one attached hydrogen (secondary N) is 1. The van der Waals surface area contributed by atoms with Crippen molar-refractivity contribution in [2.24, 2.45) is 0 Å². The molecule has 0 aromatic carbocycles. The zero-order valence-corrected chi connectivity index (χ0v) is 10.4. The fraction of sp³-hybridized carbons (Fsp3) is 0.600. The minimum Gasteiger partial charge on any atom is -0.390 e. The standard InChI is InChI=1S/C10H15NO3S2/c12-10-7-16(13,14)6-9(10)11-4-3-8-2-1-5-15-8/h1-2,5,9-12H,3-4,6-7H2/t9-,10+/m0/s1. The van der Waals surface area contributed by atoms with Crippen LogP contribution in [-0.2, 0) is 16.3 Å². The Kier molecular flexibility index (Phi) is 3.63. The van der Waals surface area contributed by atoms with Gasteiger partial charge in [-0.25, -0.2) is 8.42 Å². The fourth-order valence-electron chi connectivity index (χ4n) is 1.86. The maximum absolute atomic E-state index is 11.2. The Bertz CT molecular complexity index is 427. The van der Waals surface area contributed by atoms with Gasteiger partial charge in [0.05, 0.1) is 17.6 Å². The van der Waals surface area contributed by atoms with Crippen molar-refractivity contribution in [1.82, 2.24) is 5.32 Å². The van der Waals surface area contributed by atoms with Gasteiger partial charge in [0.25, 0.3) is 0 Å². The van der Waals surface area contributed by atoms with Gasteiger partial charge in [0.2, 0.25) is 0 Å². The first-order chi connectivity index (χ1) is 7.57. The lowest BCUT2D eigenvalue weighted by atomic mass is 10.2. The first kappa shape index (κ1) is 12.0. The van der Waals surface area contributed by atoms with Crippen LogP contribution >= 0.6 is 11.3 Å². The molecule has 1 saturated heterocycles. The highest BCUT2D eigenvalue weighted by molar-refractivity contribution is 7.91. The molecule has 4 nitrogen and oxygen atoms in total. The molecule has 0 aliphatic carbocycles. The van der Waals surface area contributed by atoms with Crippen molar-refractivity contribution in [1.29, 1.82) is 0 Å². The molecule has 6 heteroatoms. The summed E-state index contributed by atoms with van der Waals surface area (Å²) in [6.45, 7) is 0.706. The number of aliphatic hydroxyl groups excluding tert-OH is 1. The first-order valence-electron chi connectivity index (χ1n) is 5.21. The summed E-state index contributed by atoms with van der Waals surface area (Å²) < 4.78 is 22.5. The third kappa shape index (κ3) is 3.04. The molecule has 16 heavy (non-hydrogen) atoms. The minimum absolute atomic E-state index is 0.0542. The number of aliphatic hydroxyl groups is 1. The Morgan fingerprint density at radius 1 is 1.50 bits per heavy atom. The van der Waals surface area contributed by atoms with Gasteiger partial charge in [-0.1, -0.05) is 6.07 Å². The van der Waals surface area contributed by atoms with E-state index >= 15 is 0 Å². The number of hydrogen-bond acceptors (Lipinski definition) is 5. The minimum atomic E-state index is -3.04. The van der Waals surface area contributed by atoms with Gasteiger partial charge in [-0.05, 0) is 17.9 Å². The van der Waals surface area contributed by atoms with Gasteiger partial charge in [0, 0.05) is 17.5 Å². The van der Waals surface area contributed by atoms with E-state index in [0.717, 1.165) is 6.42 Å². The van der Waals surface area contributed by atoms with Crippen LogP contribution in [0.5, 0.6) is 0 Å². The van der Waals surface area contributed by atoms with Crippen molar-refractivity contribution in [3.05, 3.63) is 22.4 Å². The molecular formula is C10H15NO3S2. The van der Waals surface area contributed by atoms with E-state index < -0.39 is 15.9 Å². The van der Waals surface area contributed by atoms with Crippen LogP contribution in [0.1, 0.15) is 4.88 Å². The van der Waals surface area contributed by atoms with Crippen LogP contribution in [-0.4, -0.2) is 43.7 Å². The summed E-state index contributed by atoms with van der Waals surface area (Å²) in [5, 5.41) is 14.7. The number of thiophene rings is 1. The zero-order valence-electron chi connectivity index (χ0n) is 8.80. The highest BCUT2D eigenvalue weighted by atomic mass is 32.2. The SMILES string of the molecule is O=S1(=O)C[C@@H](O)[C@@H](NCCc2cccs2)C1. The van der Waals surface area contributed by atoms with Crippen molar-refractivity contribution >= 4 is 21.2 Å². The second-order valence-corrected chi connectivity index (χ2v) is 7.22. The Morgan fingerprint density at radius 3 is 2.88 bits per heavy atom. The van der Waals surface area contributed by atoms with E-state index in [1.165, 1.54) is 4.88 Å². The van der Waals surface area contributed by atoms with E-state index in [1.54, 1.807) is 11.3 Å². The van der Waals surface area contributed by atoms with Crippen LogP contribution in [0.15, 0.2) is 17.5 Å². The van der Waals surface area contributed by atoms with Gasteiger partial charge in [-0.3, -0.25) is 0 Å². The van der Waals surface area contributed by atoms with Crippen molar-refractivity contribution in [3.63, 3.8) is 0 Å². The largest absolute Gasteiger partial charge is 0.390 e. The molecule has 2 rings (SSSR count). The molecule has 1 fully saturated rings. The maximum Gasteiger partial charge on any atom is 0.154 e. The summed E-state index contributed by atoms with van der Waals surface area (Å²) >= 11 is 1.69. The van der Waals surface area contributed by atoms with Crippen LogP contribution in [0.4, 0.5) is 0 Å². The van der Waals surface area contributed by atoms with Crippen LogP contribution in [0.25, 0.3) is 0 Å². The number of hydrogen-bond donors (Lipinski definition) is 2. The van der Waals surface area contributed by atoms with Gasteiger partial charge < -0.3 is 10.4 Å². The molecule has 0 spiro atoms. The second kappa shape index (κ2) is 4.83. The highest BCUT2D eigenvalue weighted by Crippen LogP contribution is 2.13. The lowest BCUT2D eigenvalue weighted by Gasteiger charge is -2.14. The third-order valence-corrected chi connectivity index (χ3v) is 5.33. The molecule has 2 heterocycles. The van der Waals surface area contributed by atoms with Gasteiger partial charge >= 0.3 is 0 Å². The molecule has 1 aromatic rings. The normalized spacial score (nSPS) is 28.3. The Balaban J connectivity index is 1.79. The lowest BCUT2D eigenvalue weighted by Crippen LogP contribution is -2.39. The van der Waals surface area contributed by atoms with E-state index in [9.17, 15) is 13.5 Å². The maximum atomic E-state index is 11.2. The van der Waals surface area contributed by atoms with Crippen molar-refractivity contribution in [3.8, 4) is 0 Å². The Labute approximate surface area is 99.2 Å². The third-order valence-electron chi connectivity index (χ3n) is 2.68. The monoisotopic (exact) mass is 261 g/mol. The fourth-order valence-corrected chi connectivity index (χ4v) is 4.34. The van der Waals surface area contributed by atoms with Gasteiger partial charge in [-0.2, -0.15) is 0 Å². The van der Waals surface area contributed by atoms with E-state index in [2.05, 4.69) is 5.32 Å². The lowest BCUT2D eigenvalue weighted by molar-refractivity contribution is 0.166. The van der Waals surface area contributed by atoms with E-state index in [4.69, 9.17) is 0 Å². The molecular weight excluding hydrogens is 246 g/mol. The molecule has 0 amide bonds. The number of sulfone groups is 1. The topological polar surface area (TPSA) is 66.4 Å². The molecule has 90 valence electrons. The molecule has 0 saturated carbocycles. The number of rotatable bonds is 4. The van der Waals surface area contributed by atoms with Crippen LogP contribution < -0.4 is 5.32 Å². The second-order valence-electron chi connectivity index (χ2n) is 4.03. The van der Waals surface area contributed by atoms with Crippen molar-refractivity contribution in [2.45, 2.75) is 18.6 Å². The Morgan fingerprint density at radius 2 is 2.31 bits per heavy atom. The molecule has 0 bridgehead atoms. The average Bonchev–Trinajstić information content (AvgIpc) is 2.75. The summed E-state index contributed by atoms with van der Waals surface area (Å²) in [4.78, 5) is 1.27. The van der Waals surface area contributed by atoms with Crippen LogP contribution in [0.2, 0.25) is 0 Å². The van der Waals surface area contributed by atoms with Crippen molar-refractivity contribution in [2.75, 3.05) is 18.1 Å². The summed E-state index contributed by atoms with van der Waals surface area (Å²) in [6, 6.07) is 3.74. The molecule has 2 N–H and O–H groups in total. The predicted octanol–water partition coefficient (Wildman–Crippen LogP) is 0.0381. The average molecular weight is 261 g/mol. The Hall–Kier alpha value is -0.430. The summed E-state index contributed by atoms with van der Waals surface area (Å²) in [5.74, 6) is -0.0533. The zero-order chi connectivity index (χ0) is 11.6.